The molecule has 0 saturated carbocycles. The molecule has 0 aromatic heterocycles. The van der Waals surface area contributed by atoms with Gasteiger partial charge in [0.25, 0.3) is 0 Å². The van der Waals surface area contributed by atoms with Gasteiger partial charge in [-0.1, -0.05) is 0 Å². The molecule has 5 nitrogen and oxygen atoms in total. The highest BCUT2D eigenvalue weighted by Crippen LogP contribution is 2.23. The van der Waals surface area contributed by atoms with Crippen molar-refractivity contribution in [2.45, 2.75) is 12.5 Å². The number of carbonyl (C=O) groups is 1. The molecule has 1 rings (SSSR count). The number of rotatable bonds is 3. The fourth-order valence-corrected chi connectivity index (χ4v) is 1.21. The summed E-state index contributed by atoms with van der Waals surface area (Å²) >= 11 is 0. The van der Waals surface area contributed by atoms with Gasteiger partial charge in [-0.2, -0.15) is 0 Å². The van der Waals surface area contributed by atoms with Gasteiger partial charge in [0.05, 0.1) is 7.11 Å². The van der Waals surface area contributed by atoms with Gasteiger partial charge in [-0.3, -0.25) is 4.79 Å². The summed E-state index contributed by atoms with van der Waals surface area (Å²) in [6, 6.07) is 3.21. The largest absolute Gasteiger partial charge is 0.508 e. The van der Waals surface area contributed by atoms with Crippen molar-refractivity contribution in [1.82, 2.24) is 0 Å². The van der Waals surface area contributed by atoms with Crippen molar-refractivity contribution in [2.75, 3.05) is 7.11 Å². The van der Waals surface area contributed by atoms with E-state index in [4.69, 9.17) is 5.73 Å². The third kappa shape index (κ3) is 2.85. The number of carbonyl (C=O) groups excluding carboxylic acids is 1. The Labute approximate surface area is 87.1 Å². The predicted molar refractivity (Wildman–Crippen MR) is 53.5 cm³/mol. The van der Waals surface area contributed by atoms with E-state index in [0.29, 0.717) is 5.56 Å². The van der Waals surface area contributed by atoms with Gasteiger partial charge < -0.3 is 20.7 Å². The van der Waals surface area contributed by atoms with E-state index in [-0.39, 0.29) is 17.9 Å². The highest BCUT2D eigenvalue weighted by atomic mass is 16.5. The van der Waals surface area contributed by atoms with Crippen LogP contribution in [0.2, 0.25) is 0 Å². The summed E-state index contributed by atoms with van der Waals surface area (Å²) in [4.78, 5) is 11.0. The Morgan fingerprint density at radius 1 is 1.53 bits per heavy atom. The first-order valence-corrected chi connectivity index (χ1v) is 4.39. The summed E-state index contributed by atoms with van der Waals surface area (Å²) < 4.78 is 4.45. The van der Waals surface area contributed by atoms with Gasteiger partial charge in [-0.25, -0.2) is 0 Å². The summed E-state index contributed by atoms with van der Waals surface area (Å²) in [5, 5.41) is 18.6. The van der Waals surface area contributed by atoms with E-state index in [1.807, 2.05) is 0 Å². The average Bonchev–Trinajstić information content (AvgIpc) is 2.22. The molecular weight excluding hydrogens is 198 g/mol. The Kier molecular flexibility index (Phi) is 3.51. The minimum atomic E-state index is -0.845. The smallest absolute Gasteiger partial charge is 0.322 e. The number of benzene rings is 1. The molecule has 0 radical (unpaired) electrons. The Bertz CT molecular complexity index is 364. The van der Waals surface area contributed by atoms with Gasteiger partial charge in [-0.15, -0.1) is 0 Å². The van der Waals surface area contributed by atoms with Crippen molar-refractivity contribution >= 4 is 5.97 Å². The van der Waals surface area contributed by atoms with Crippen molar-refractivity contribution in [1.29, 1.82) is 0 Å². The number of phenolic OH excluding ortho intramolecular Hbond substituents is 2. The Balaban J connectivity index is 2.80. The average molecular weight is 211 g/mol. The van der Waals surface area contributed by atoms with E-state index in [9.17, 15) is 15.0 Å². The lowest BCUT2D eigenvalue weighted by molar-refractivity contribution is -0.142. The molecule has 1 aromatic carbocycles. The van der Waals surface area contributed by atoms with Crippen LogP contribution in [0.5, 0.6) is 11.5 Å². The zero-order valence-electron chi connectivity index (χ0n) is 8.30. The summed E-state index contributed by atoms with van der Waals surface area (Å²) in [5.74, 6) is -0.551. The Hall–Kier alpha value is -1.75. The van der Waals surface area contributed by atoms with Crippen LogP contribution in [-0.2, 0) is 16.0 Å². The van der Waals surface area contributed by atoms with Crippen LogP contribution in [0.3, 0.4) is 0 Å². The fraction of sp³-hybridized carbons (Fsp3) is 0.300. The molecule has 0 aliphatic heterocycles. The number of aromatic hydroxyl groups is 2. The van der Waals surface area contributed by atoms with Crippen LogP contribution in [0.1, 0.15) is 5.56 Å². The number of hydrogen-bond acceptors (Lipinski definition) is 5. The fourth-order valence-electron chi connectivity index (χ4n) is 1.21. The minimum absolute atomic E-state index is 0.00727. The van der Waals surface area contributed by atoms with Gasteiger partial charge >= 0.3 is 5.97 Å². The van der Waals surface area contributed by atoms with Crippen molar-refractivity contribution in [2.24, 2.45) is 5.73 Å². The molecule has 0 bridgehead atoms. The van der Waals surface area contributed by atoms with E-state index < -0.39 is 12.0 Å². The number of methoxy groups -OCH3 is 1. The van der Waals surface area contributed by atoms with Crippen LogP contribution in [0, 0.1) is 0 Å². The molecule has 1 aromatic rings. The molecule has 0 aliphatic rings. The molecule has 4 N–H and O–H groups in total. The second kappa shape index (κ2) is 4.65. The summed E-state index contributed by atoms with van der Waals surface area (Å²) in [6.07, 6.45) is 0.118. The zero-order chi connectivity index (χ0) is 11.4. The molecule has 15 heavy (non-hydrogen) atoms. The molecule has 0 heterocycles. The molecule has 0 amide bonds. The van der Waals surface area contributed by atoms with Crippen molar-refractivity contribution in [3.8, 4) is 11.5 Å². The monoisotopic (exact) mass is 211 g/mol. The van der Waals surface area contributed by atoms with Crippen LogP contribution in [0.4, 0.5) is 0 Å². The van der Waals surface area contributed by atoms with E-state index in [0.717, 1.165) is 0 Å². The van der Waals surface area contributed by atoms with Crippen LogP contribution < -0.4 is 5.73 Å². The van der Waals surface area contributed by atoms with E-state index in [2.05, 4.69) is 4.74 Å². The normalized spacial score (nSPS) is 12.1. The quantitative estimate of drug-likeness (QED) is 0.488. The van der Waals surface area contributed by atoms with Gasteiger partial charge in [-0.05, 0) is 23.8 Å². The lowest BCUT2D eigenvalue weighted by Crippen LogP contribution is -2.33. The molecular formula is C10H13NO4. The SMILES string of the molecule is COC(=O)C(N)Cc1cc(O)ccc1O. The summed E-state index contributed by atoms with van der Waals surface area (Å²) in [6.45, 7) is 0. The molecule has 0 aliphatic carbocycles. The van der Waals surface area contributed by atoms with Crippen LogP contribution in [-0.4, -0.2) is 29.3 Å². The number of phenols is 2. The Morgan fingerprint density at radius 2 is 2.20 bits per heavy atom. The van der Waals surface area contributed by atoms with Crippen molar-refractivity contribution in [3.63, 3.8) is 0 Å². The lowest BCUT2D eigenvalue weighted by Gasteiger charge is -2.10. The van der Waals surface area contributed by atoms with Crippen LogP contribution in [0.15, 0.2) is 18.2 Å². The molecule has 0 spiro atoms. The van der Waals surface area contributed by atoms with Gasteiger partial charge in [0.15, 0.2) is 0 Å². The maximum Gasteiger partial charge on any atom is 0.322 e. The predicted octanol–water partition coefficient (Wildman–Crippen LogP) is 0.141. The first kappa shape index (κ1) is 11.3. The molecule has 0 saturated heterocycles. The number of hydrogen-bond donors (Lipinski definition) is 3. The molecule has 0 fully saturated rings. The van der Waals surface area contributed by atoms with E-state index >= 15 is 0 Å². The number of ether oxygens (including phenoxy) is 1. The van der Waals surface area contributed by atoms with E-state index in [1.54, 1.807) is 0 Å². The molecule has 1 unspecified atom stereocenters. The maximum absolute atomic E-state index is 11.0. The first-order valence-electron chi connectivity index (χ1n) is 4.39. The van der Waals surface area contributed by atoms with Crippen LogP contribution in [0.25, 0.3) is 0 Å². The van der Waals surface area contributed by atoms with Gasteiger partial charge in [0, 0.05) is 6.42 Å². The van der Waals surface area contributed by atoms with Gasteiger partial charge in [0.2, 0.25) is 0 Å². The topological polar surface area (TPSA) is 92.8 Å². The van der Waals surface area contributed by atoms with Crippen molar-refractivity contribution < 1.29 is 19.7 Å². The van der Waals surface area contributed by atoms with Crippen LogP contribution >= 0.6 is 0 Å². The maximum atomic E-state index is 11.0. The second-order valence-electron chi connectivity index (χ2n) is 3.15. The molecule has 82 valence electrons. The van der Waals surface area contributed by atoms with E-state index in [1.165, 1.54) is 25.3 Å². The van der Waals surface area contributed by atoms with Gasteiger partial charge in [0.1, 0.15) is 17.5 Å². The highest BCUT2D eigenvalue weighted by molar-refractivity contribution is 5.75. The third-order valence-corrected chi connectivity index (χ3v) is 2.01. The number of esters is 1. The molecule has 1 atom stereocenters. The summed E-state index contributed by atoms with van der Waals surface area (Å²) in [5.41, 5.74) is 5.92. The highest BCUT2D eigenvalue weighted by Gasteiger charge is 2.16. The first-order chi connectivity index (χ1) is 7.04. The minimum Gasteiger partial charge on any atom is -0.508 e. The number of nitrogens with two attached hydrogens (primary N) is 1. The van der Waals surface area contributed by atoms with Crippen molar-refractivity contribution in [3.05, 3.63) is 23.8 Å². The lowest BCUT2D eigenvalue weighted by atomic mass is 10.1. The third-order valence-electron chi connectivity index (χ3n) is 2.01. The zero-order valence-corrected chi connectivity index (χ0v) is 8.30. The molecule has 5 heteroatoms. The Morgan fingerprint density at radius 3 is 2.80 bits per heavy atom. The standard InChI is InChI=1S/C10H13NO4/c1-15-10(14)8(11)5-6-4-7(12)2-3-9(6)13/h2-4,8,12-13H,5,11H2,1H3. The second-order valence-corrected chi connectivity index (χ2v) is 3.15. The summed E-state index contributed by atoms with van der Waals surface area (Å²) in [7, 11) is 1.24.